The fourth-order valence-corrected chi connectivity index (χ4v) is 5.64. The molecule has 1 fully saturated rings. The number of hydrogen-bond donors (Lipinski definition) is 1. The molecule has 3 rings (SSSR count). The molecule has 0 unspecified atom stereocenters. The van der Waals surface area contributed by atoms with Crippen LogP contribution in [-0.4, -0.2) is 26.3 Å². The van der Waals surface area contributed by atoms with Crippen molar-refractivity contribution in [3.8, 4) is 11.1 Å². The standard InChI is InChI=1S/C22H27F2NO2S/c1-15(2)25-19-8-3-16(4-9-19)14-28(26,27)20-10-5-17(6-11-20)21-12-7-18(23)13-22(21)24/h5-7,10-13,15-16,19,25H,3-4,8-9,14H2,1-2H3. The van der Waals surface area contributed by atoms with Crippen molar-refractivity contribution in [1.82, 2.24) is 5.32 Å². The van der Waals surface area contributed by atoms with Crippen molar-refractivity contribution >= 4 is 9.84 Å². The zero-order valence-corrected chi connectivity index (χ0v) is 17.1. The molecule has 1 saturated carbocycles. The Morgan fingerprint density at radius 1 is 1.00 bits per heavy atom. The van der Waals surface area contributed by atoms with Gasteiger partial charge in [-0.25, -0.2) is 17.2 Å². The monoisotopic (exact) mass is 407 g/mol. The molecule has 1 aliphatic rings. The minimum atomic E-state index is -3.39. The topological polar surface area (TPSA) is 46.2 Å². The second-order valence-corrected chi connectivity index (χ2v) is 10.0. The summed E-state index contributed by atoms with van der Waals surface area (Å²) in [7, 11) is -3.39. The van der Waals surface area contributed by atoms with E-state index in [1.54, 1.807) is 12.1 Å². The Bertz CT molecular complexity index is 903. The largest absolute Gasteiger partial charge is 0.312 e. The van der Waals surface area contributed by atoms with E-state index in [9.17, 15) is 17.2 Å². The molecule has 0 amide bonds. The van der Waals surface area contributed by atoms with Crippen molar-refractivity contribution in [3.63, 3.8) is 0 Å². The fourth-order valence-electron chi connectivity index (χ4n) is 3.94. The molecule has 0 heterocycles. The predicted molar refractivity (Wildman–Crippen MR) is 108 cm³/mol. The third-order valence-corrected chi connectivity index (χ3v) is 7.23. The van der Waals surface area contributed by atoms with Gasteiger partial charge >= 0.3 is 0 Å². The van der Waals surface area contributed by atoms with E-state index in [0.717, 1.165) is 31.7 Å². The number of hydrogen-bond acceptors (Lipinski definition) is 3. The highest BCUT2D eigenvalue weighted by molar-refractivity contribution is 7.91. The van der Waals surface area contributed by atoms with Gasteiger partial charge in [0, 0.05) is 23.7 Å². The van der Waals surface area contributed by atoms with Gasteiger partial charge in [0.1, 0.15) is 11.6 Å². The highest BCUT2D eigenvalue weighted by Crippen LogP contribution is 2.29. The van der Waals surface area contributed by atoms with Gasteiger partial charge in [0.2, 0.25) is 0 Å². The Morgan fingerprint density at radius 2 is 1.64 bits per heavy atom. The highest BCUT2D eigenvalue weighted by Gasteiger charge is 2.26. The van der Waals surface area contributed by atoms with Crippen LogP contribution in [0.3, 0.4) is 0 Å². The molecule has 2 aromatic rings. The first-order chi connectivity index (χ1) is 13.2. The maximum absolute atomic E-state index is 13.9. The van der Waals surface area contributed by atoms with Gasteiger partial charge in [-0.1, -0.05) is 26.0 Å². The number of halogens is 2. The van der Waals surface area contributed by atoms with Gasteiger partial charge in [-0.2, -0.15) is 0 Å². The van der Waals surface area contributed by atoms with E-state index in [0.29, 0.717) is 17.6 Å². The molecule has 0 aliphatic heterocycles. The predicted octanol–water partition coefficient (Wildman–Crippen LogP) is 4.96. The van der Waals surface area contributed by atoms with Crippen LogP contribution in [0, 0.1) is 17.6 Å². The molecule has 1 N–H and O–H groups in total. The first-order valence-electron chi connectivity index (χ1n) is 9.79. The molecular weight excluding hydrogens is 380 g/mol. The lowest BCUT2D eigenvalue weighted by Gasteiger charge is -2.30. The maximum atomic E-state index is 13.9. The lowest BCUT2D eigenvalue weighted by molar-refractivity contribution is 0.296. The van der Waals surface area contributed by atoms with Crippen molar-refractivity contribution in [1.29, 1.82) is 0 Å². The molecule has 6 heteroatoms. The van der Waals surface area contributed by atoms with Gasteiger partial charge in [0.05, 0.1) is 10.6 Å². The van der Waals surface area contributed by atoms with Crippen LogP contribution >= 0.6 is 0 Å². The van der Waals surface area contributed by atoms with Crippen molar-refractivity contribution in [2.45, 2.75) is 56.5 Å². The maximum Gasteiger partial charge on any atom is 0.178 e. The van der Waals surface area contributed by atoms with Gasteiger partial charge in [-0.3, -0.25) is 0 Å². The molecule has 3 nitrogen and oxygen atoms in total. The minimum absolute atomic E-state index is 0.144. The van der Waals surface area contributed by atoms with Gasteiger partial charge in [0.25, 0.3) is 0 Å². The van der Waals surface area contributed by atoms with E-state index in [-0.39, 0.29) is 22.1 Å². The molecule has 0 atom stereocenters. The second-order valence-electron chi connectivity index (χ2n) is 7.97. The fraction of sp³-hybridized carbons (Fsp3) is 0.455. The summed E-state index contributed by atoms with van der Waals surface area (Å²) in [5.41, 5.74) is 0.776. The summed E-state index contributed by atoms with van der Waals surface area (Å²) < 4.78 is 52.6. The van der Waals surface area contributed by atoms with Gasteiger partial charge in [-0.15, -0.1) is 0 Å². The van der Waals surface area contributed by atoms with Crippen LogP contribution in [-0.2, 0) is 9.84 Å². The summed E-state index contributed by atoms with van der Waals surface area (Å²) in [6.45, 7) is 4.25. The highest BCUT2D eigenvalue weighted by atomic mass is 32.2. The van der Waals surface area contributed by atoms with Crippen LogP contribution in [0.25, 0.3) is 11.1 Å². The molecule has 28 heavy (non-hydrogen) atoms. The average molecular weight is 408 g/mol. The van der Waals surface area contributed by atoms with Crippen LogP contribution in [0.4, 0.5) is 8.78 Å². The van der Waals surface area contributed by atoms with E-state index in [4.69, 9.17) is 0 Å². The summed E-state index contributed by atoms with van der Waals surface area (Å²) in [5.74, 6) is -0.989. The summed E-state index contributed by atoms with van der Waals surface area (Å²) in [5, 5.41) is 3.52. The number of nitrogens with one attached hydrogen (secondary N) is 1. The first kappa shape index (κ1) is 20.9. The van der Waals surface area contributed by atoms with Crippen molar-refractivity contribution < 1.29 is 17.2 Å². The number of sulfone groups is 1. The molecule has 0 radical (unpaired) electrons. The zero-order chi connectivity index (χ0) is 20.3. The summed E-state index contributed by atoms with van der Waals surface area (Å²) >= 11 is 0. The second kappa shape index (κ2) is 8.70. The van der Waals surface area contributed by atoms with Crippen LogP contribution in [0.15, 0.2) is 47.4 Å². The van der Waals surface area contributed by atoms with Gasteiger partial charge in [0.15, 0.2) is 9.84 Å². The van der Waals surface area contributed by atoms with Crippen molar-refractivity contribution in [2.24, 2.45) is 5.92 Å². The third kappa shape index (κ3) is 5.17. The molecule has 0 aromatic heterocycles. The first-order valence-corrected chi connectivity index (χ1v) is 11.4. The zero-order valence-electron chi connectivity index (χ0n) is 16.3. The van der Waals surface area contributed by atoms with E-state index < -0.39 is 21.5 Å². The van der Waals surface area contributed by atoms with Gasteiger partial charge < -0.3 is 5.32 Å². The smallest absolute Gasteiger partial charge is 0.178 e. The molecule has 0 saturated heterocycles. The number of benzene rings is 2. The third-order valence-electron chi connectivity index (χ3n) is 5.33. The van der Waals surface area contributed by atoms with Crippen LogP contribution in [0.1, 0.15) is 39.5 Å². The Hall–Kier alpha value is -1.79. The van der Waals surface area contributed by atoms with E-state index in [1.165, 1.54) is 24.3 Å². The van der Waals surface area contributed by atoms with Crippen molar-refractivity contribution in [2.75, 3.05) is 5.75 Å². The molecule has 152 valence electrons. The molecule has 0 spiro atoms. The Labute approximate surface area is 166 Å². The SMILES string of the molecule is CC(C)NC1CCC(CS(=O)(=O)c2ccc(-c3ccc(F)cc3F)cc2)CC1. The Balaban J connectivity index is 1.66. The average Bonchev–Trinajstić information content (AvgIpc) is 2.63. The summed E-state index contributed by atoms with van der Waals surface area (Å²) in [4.78, 5) is 0.251. The van der Waals surface area contributed by atoms with Gasteiger partial charge in [-0.05, 0) is 61.4 Å². The van der Waals surface area contributed by atoms with E-state index in [1.807, 2.05) is 0 Å². The molecule has 2 aromatic carbocycles. The normalized spacial score (nSPS) is 20.5. The van der Waals surface area contributed by atoms with Crippen LogP contribution < -0.4 is 5.32 Å². The Morgan fingerprint density at radius 3 is 2.21 bits per heavy atom. The number of rotatable bonds is 6. The molecular formula is C22H27F2NO2S. The molecule has 1 aliphatic carbocycles. The summed E-state index contributed by atoms with van der Waals surface area (Å²) in [6, 6.07) is 10.5. The van der Waals surface area contributed by atoms with Crippen LogP contribution in [0.5, 0.6) is 0 Å². The molecule has 0 bridgehead atoms. The lowest BCUT2D eigenvalue weighted by Crippen LogP contribution is -2.38. The van der Waals surface area contributed by atoms with E-state index >= 15 is 0 Å². The lowest BCUT2D eigenvalue weighted by atomic mass is 9.87. The minimum Gasteiger partial charge on any atom is -0.312 e. The van der Waals surface area contributed by atoms with Crippen LogP contribution in [0.2, 0.25) is 0 Å². The van der Waals surface area contributed by atoms with Crippen molar-refractivity contribution in [3.05, 3.63) is 54.1 Å². The summed E-state index contributed by atoms with van der Waals surface area (Å²) in [6.07, 6.45) is 3.81. The van der Waals surface area contributed by atoms with E-state index in [2.05, 4.69) is 19.2 Å². The Kier molecular flexibility index (Phi) is 6.50. The quantitative estimate of drug-likeness (QED) is 0.736.